The van der Waals surface area contributed by atoms with Crippen LogP contribution in [-0.4, -0.2) is 64.2 Å². The molecule has 0 heterocycles. The summed E-state index contributed by atoms with van der Waals surface area (Å²) in [5.74, 6) is 0.299. The van der Waals surface area contributed by atoms with Gasteiger partial charge in [-0.05, 0) is 38.0 Å². The van der Waals surface area contributed by atoms with E-state index in [2.05, 4.69) is 17.6 Å². The molecule has 0 aromatic rings. The summed E-state index contributed by atoms with van der Waals surface area (Å²) < 4.78 is 0. The Kier molecular flexibility index (Phi) is 7.68. The van der Waals surface area contributed by atoms with Gasteiger partial charge in [0.05, 0.1) is 6.54 Å². The summed E-state index contributed by atoms with van der Waals surface area (Å²) >= 11 is 1.95. The van der Waals surface area contributed by atoms with Crippen molar-refractivity contribution >= 4 is 23.8 Å². The average molecular weight is 358 g/mol. The molecule has 0 spiro atoms. The third-order valence-electron chi connectivity index (χ3n) is 5.11. The molecule has 24 heavy (non-hydrogen) atoms. The summed E-state index contributed by atoms with van der Waals surface area (Å²) in [5, 5.41) is 15.7. The lowest BCUT2D eigenvalue weighted by Gasteiger charge is -2.42. The van der Waals surface area contributed by atoms with Gasteiger partial charge in [0.1, 0.15) is 0 Å². The Morgan fingerprint density at radius 3 is 2.50 bits per heavy atom. The van der Waals surface area contributed by atoms with Crippen LogP contribution in [0.25, 0.3) is 0 Å². The molecule has 2 atom stereocenters. The lowest BCUT2D eigenvalue weighted by molar-refractivity contribution is -0.139. The lowest BCUT2D eigenvalue weighted by atomic mass is 9.85. The van der Waals surface area contributed by atoms with Gasteiger partial charge in [0.25, 0.3) is 0 Å². The molecule has 0 aromatic carbocycles. The molecule has 0 radical (unpaired) electrons. The minimum Gasteiger partial charge on any atom is -0.480 e. The maximum absolute atomic E-state index is 12.2. The van der Waals surface area contributed by atoms with E-state index in [1.807, 2.05) is 23.6 Å². The number of carboxylic acid groups (broad SMARTS) is 1. The van der Waals surface area contributed by atoms with Crippen LogP contribution >= 0.6 is 11.8 Å². The smallest absolute Gasteiger partial charge is 0.317 e. The number of hydrogen-bond donors (Lipinski definition) is 3. The topological polar surface area (TPSA) is 81.7 Å². The molecular weight excluding hydrogens is 326 g/mol. The summed E-state index contributed by atoms with van der Waals surface area (Å²) in [6.45, 7) is 4.96. The van der Waals surface area contributed by atoms with Crippen LogP contribution in [0.5, 0.6) is 0 Å². The van der Waals surface area contributed by atoms with Crippen LogP contribution in [0.4, 0.5) is 4.79 Å². The third kappa shape index (κ3) is 5.55. The normalized spacial score (nSPS) is 29.8. The highest BCUT2D eigenvalue weighted by Crippen LogP contribution is 2.29. The highest BCUT2D eigenvalue weighted by Gasteiger charge is 2.35. The standard InChI is InChI=1S/C17H31N3O3S/c1-3-20(11-16(21)22)13-9-12(10-13)18-17(23)19-14-7-5-6-8-15(14)24-4-2/h12-15H,3-11H2,1-2H3,(H,21,22)(H2,18,19,23). The molecule has 2 rings (SSSR count). The van der Waals surface area contributed by atoms with Gasteiger partial charge >= 0.3 is 12.0 Å². The number of hydrogen-bond acceptors (Lipinski definition) is 4. The van der Waals surface area contributed by atoms with Gasteiger partial charge in [-0.2, -0.15) is 11.8 Å². The number of nitrogens with one attached hydrogen (secondary N) is 2. The van der Waals surface area contributed by atoms with Crippen LogP contribution in [0, 0.1) is 0 Å². The van der Waals surface area contributed by atoms with Gasteiger partial charge < -0.3 is 15.7 Å². The molecule has 2 fully saturated rings. The van der Waals surface area contributed by atoms with Crippen LogP contribution in [0.3, 0.4) is 0 Å². The van der Waals surface area contributed by atoms with E-state index in [0.29, 0.717) is 5.25 Å². The van der Waals surface area contributed by atoms with Gasteiger partial charge in [0.15, 0.2) is 0 Å². The van der Waals surface area contributed by atoms with Crippen LogP contribution in [-0.2, 0) is 4.79 Å². The van der Waals surface area contributed by atoms with Crippen LogP contribution < -0.4 is 10.6 Å². The molecule has 2 aliphatic rings. The molecule has 138 valence electrons. The lowest BCUT2D eigenvalue weighted by Crippen LogP contribution is -2.58. The first-order chi connectivity index (χ1) is 11.5. The number of urea groups is 1. The number of thioether (sulfide) groups is 1. The van der Waals surface area contributed by atoms with E-state index in [1.54, 1.807) is 0 Å². The monoisotopic (exact) mass is 357 g/mol. The molecule has 0 aliphatic heterocycles. The molecule has 3 N–H and O–H groups in total. The Balaban J connectivity index is 1.71. The highest BCUT2D eigenvalue weighted by molar-refractivity contribution is 7.99. The number of carbonyl (C=O) groups excluding carboxylic acids is 1. The van der Waals surface area contributed by atoms with Crippen molar-refractivity contribution in [2.45, 2.75) is 75.7 Å². The van der Waals surface area contributed by atoms with Crippen molar-refractivity contribution in [3.05, 3.63) is 0 Å². The molecule has 2 unspecified atom stereocenters. The summed E-state index contributed by atoms with van der Waals surface area (Å²) in [4.78, 5) is 25.1. The molecular formula is C17H31N3O3S. The molecule has 2 saturated carbocycles. The second-order valence-corrected chi connectivity index (χ2v) is 8.30. The van der Waals surface area contributed by atoms with E-state index < -0.39 is 5.97 Å². The Hall–Kier alpha value is -0.950. The van der Waals surface area contributed by atoms with Crippen molar-refractivity contribution in [2.75, 3.05) is 18.8 Å². The van der Waals surface area contributed by atoms with Crippen molar-refractivity contribution in [1.29, 1.82) is 0 Å². The Morgan fingerprint density at radius 1 is 1.17 bits per heavy atom. The third-order valence-corrected chi connectivity index (χ3v) is 6.43. The summed E-state index contributed by atoms with van der Waals surface area (Å²) in [6.07, 6.45) is 6.39. The molecule has 2 aliphatic carbocycles. The second-order valence-electron chi connectivity index (χ2n) is 6.78. The minimum absolute atomic E-state index is 0.0617. The number of aliphatic carboxylic acids is 1. The van der Waals surface area contributed by atoms with E-state index in [4.69, 9.17) is 5.11 Å². The van der Waals surface area contributed by atoms with Crippen molar-refractivity contribution in [2.24, 2.45) is 0 Å². The maximum atomic E-state index is 12.2. The molecule has 0 bridgehead atoms. The van der Waals surface area contributed by atoms with Gasteiger partial charge in [0, 0.05) is 23.4 Å². The average Bonchev–Trinajstić information content (AvgIpc) is 2.50. The first-order valence-electron chi connectivity index (χ1n) is 9.17. The number of carbonyl (C=O) groups is 2. The second kappa shape index (κ2) is 9.51. The Morgan fingerprint density at radius 2 is 1.88 bits per heavy atom. The van der Waals surface area contributed by atoms with Gasteiger partial charge in [-0.25, -0.2) is 4.79 Å². The van der Waals surface area contributed by atoms with Gasteiger partial charge in [-0.3, -0.25) is 9.69 Å². The van der Waals surface area contributed by atoms with E-state index >= 15 is 0 Å². The maximum Gasteiger partial charge on any atom is 0.317 e. The van der Waals surface area contributed by atoms with Crippen molar-refractivity contribution in [1.82, 2.24) is 15.5 Å². The fraction of sp³-hybridized carbons (Fsp3) is 0.882. The number of amides is 2. The van der Waals surface area contributed by atoms with Crippen molar-refractivity contribution in [3.8, 4) is 0 Å². The predicted octanol–water partition coefficient (Wildman–Crippen LogP) is 2.29. The zero-order valence-electron chi connectivity index (χ0n) is 14.8. The SMILES string of the molecule is CCSC1CCCCC1NC(=O)NC1CC(N(CC)CC(=O)O)C1. The van der Waals surface area contributed by atoms with Crippen LogP contribution in [0.15, 0.2) is 0 Å². The predicted molar refractivity (Wildman–Crippen MR) is 97.5 cm³/mol. The Bertz CT molecular complexity index is 427. The zero-order chi connectivity index (χ0) is 17.5. The summed E-state index contributed by atoms with van der Waals surface area (Å²) in [6, 6.07) is 0.653. The largest absolute Gasteiger partial charge is 0.480 e. The number of nitrogens with zero attached hydrogens (tertiary/aromatic N) is 1. The zero-order valence-corrected chi connectivity index (χ0v) is 15.6. The minimum atomic E-state index is -0.789. The molecule has 0 saturated heterocycles. The van der Waals surface area contributed by atoms with E-state index in [9.17, 15) is 9.59 Å². The van der Waals surface area contributed by atoms with Gasteiger partial charge in [-0.1, -0.05) is 26.7 Å². The van der Waals surface area contributed by atoms with Crippen LogP contribution in [0.1, 0.15) is 52.4 Å². The quantitative estimate of drug-likeness (QED) is 0.621. The number of carboxylic acids is 1. The van der Waals surface area contributed by atoms with Crippen molar-refractivity contribution < 1.29 is 14.7 Å². The van der Waals surface area contributed by atoms with Crippen molar-refractivity contribution in [3.63, 3.8) is 0 Å². The molecule has 2 amide bonds. The van der Waals surface area contributed by atoms with Gasteiger partial charge in [0.2, 0.25) is 0 Å². The first-order valence-corrected chi connectivity index (χ1v) is 10.2. The van der Waals surface area contributed by atoms with Gasteiger partial charge in [-0.15, -0.1) is 0 Å². The summed E-state index contributed by atoms with van der Waals surface area (Å²) in [7, 11) is 0. The first kappa shape index (κ1) is 19.4. The van der Waals surface area contributed by atoms with Crippen LogP contribution in [0.2, 0.25) is 0 Å². The highest BCUT2D eigenvalue weighted by atomic mass is 32.2. The molecule has 6 nitrogen and oxygen atoms in total. The van der Waals surface area contributed by atoms with E-state index in [0.717, 1.165) is 31.6 Å². The summed E-state index contributed by atoms with van der Waals surface area (Å²) in [5.41, 5.74) is 0. The van der Waals surface area contributed by atoms with E-state index in [1.165, 1.54) is 19.3 Å². The van der Waals surface area contributed by atoms with E-state index in [-0.39, 0.29) is 30.7 Å². The number of likely N-dealkylation sites (N-methyl/N-ethyl adjacent to an activating group) is 1. The fourth-order valence-corrected chi connectivity index (χ4v) is 4.95. The molecule has 7 heteroatoms. The molecule has 0 aromatic heterocycles. The fourth-order valence-electron chi connectivity index (χ4n) is 3.75. The number of rotatable bonds is 8. The Labute approximate surface area is 149 Å².